The number of hydrogen-bond donors (Lipinski definition) is 4. The molecule has 14 nitrogen and oxygen atoms in total. The summed E-state index contributed by atoms with van der Waals surface area (Å²) in [6.07, 6.45) is 7.84. The van der Waals surface area contributed by atoms with Crippen molar-refractivity contribution in [2.45, 2.75) is 62.0 Å². The van der Waals surface area contributed by atoms with E-state index in [1.807, 2.05) is 12.1 Å². The zero-order chi connectivity index (χ0) is 40.8. The second-order valence-electron chi connectivity index (χ2n) is 14.2. The van der Waals surface area contributed by atoms with Crippen LogP contribution in [0.1, 0.15) is 54.4 Å². The summed E-state index contributed by atoms with van der Waals surface area (Å²) in [7, 11) is 1.50. The van der Waals surface area contributed by atoms with Crippen molar-refractivity contribution in [1.29, 1.82) is 0 Å². The topological polar surface area (TPSA) is 175 Å². The van der Waals surface area contributed by atoms with Crippen LogP contribution in [-0.4, -0.2) is 93.9 Å². The van der Waals surface area contributed by atoms with E-state index >= 15 is 0 Å². The number of fused-ring (bicyclic) bond motifs is 2. The van der Waals surface area contributed by atoms with Crippen LogP contribution in [-0.2, 0) is 25.7 Å². The first-order valence-electron chi connectivity index (χ1n) is 19.0. The van der Waals surface area contributed by atoms with E-state index in [2.05, 4.69) is 36.1 Å². The van der Waals surface area contributed by atoms with Crippen molar-refractivity contribution in [3.8, 4) is 5.75 Å². The molecule has 17 heteroatoms. The van der Waals surface area contributed by atoms with Crippen LogP contribution in [0.25, 0.3) is 10.9 Å². The number of carbonyl (C=O) groups excluding carboxylic acids is 5. The highest BCUT2D eigenvalue weighted by molar-refractivity contribution is 7.99. The summed E-state index contributed by atoms with van der Waals surface area (Å²) < 4.78 is 19.2. The first kappa shape index (κ1) is 40.6. The van der Waals surface area contributed by atoms with E-state index in [4.69, 9.17) is 16.3 Å². The SMILES string of the molecule is COc1cc2ncnc(Nc3ccc(F)c(Cl)c3)c2cc1NC(=O)/C=C/CN1CCC(NC(=O)CCCSc2cccc3c2CN(C2CCC(=O)NC2=O)C3=O)CC1. The third-order valence-corrected chi connectivity index (χ3v) is 11.8. The molecule has 1 unspecified atom stereocenters. The molecule has 7 rings (SSSR count). The Labute approximate surface area is 343 Å². The number of carbonyl (C=O) groups is 5. The van der Waals surface area contributed by atoms with E-state index in [9.17, 15) is 28.4 Å². The fourth-order valence-corrected chi connectivity index (χ4v) is 8.52. The third-order valence-electron chi connectivity index (χ3n) is 10.3. The molecule has 2 fully saturated rings. The largest absolute Gasteiger partial charge is 0.494 e. The number of methoxy groups -OCH3 is 1. The van der Waals surface area contributed by atoms with E-state index in [1.165, 1.54) is 31.6 Å². The molecule has 3 aromatic carbocycles. The Morgan fingerprint density at radius 3 is 2.69 bits per heavy atom. The van der Waals surface area contributed by atoms with Gasteiger partial charge in [-0.3, -0.25) is 34.2 Å². The number of rotatable bonds is 14. The summed E-state index contributed by atoms with van der Waals surface area (Å²) in [5.74, 6) is -0.258. The highest BCUT2D eigenvalue weighted by Crippen LogP contribution is 2.36. The average Bonchev–Trinajstić information content (AvgIpc) is 3.54. The Bertz CT molecular complexity index is 2290. The molecule has 58 heavy (non-hydrogen) atoms. The fraction of sp³-hybridized carbons (Fsp3) is 0.341. The monoisotopic (exact) mass is 828 g/mol. The fourth-order valence-electron chi connectivity index (χ4n) is 7.31. The summed E-state index contributed by atoms with van der Waals surface area (Å²) >= 11 is 7.55. The van der Waals surface area contributed by atoms with Crippen molar-refractivity contribution in [3.05, 3.63) is 89.0 Å². The van der Waals surface area contributed by atoms with Gasteiger partial charge < -0.3 is 25.6 Å². The van der Waals surface area contributed by atoms with Crippen molar-refractivity contribution in [1.82, 2.24) is 30.4 Å². The molecule has 0 bridgehead atoms. The van der Waals surface area contributed by atoms with Gasteiger partial charge >= 0.3 is 0 Å². The smallest absolute Gasteiger partial charge is 0.255 e. The van der Waals surface area contributed by atoms with Gasteiger partial charge in [-0.2, -0.15) is 0 Å². The van der Waals surface area contributed by atoms with Crippen molar-refractivity contribution in [2.24, 2.45) is 0 Å². The number of ether oxygens (including phenoxy) is 1. The van der Waals surface area contributed by atoms with Crippen molar-refractivity contribution >= 4 is 81.0 Å². The van der Waals surface area contributed by atoms with Crippen LogP contribution < -0.4 is 26.0 Å². The maximum absolute atomic E-state index is 13.7. The third kappa shape index (κ3) is 9.57. The highest BCUT2D eigenvalue weighted by atomic mass is 35.5. The van der Waals surface area contributed by atoms with Crippen LogP contribution in [0.5, 0.6) is 5.75 Å². The molecule has 0 spiro atoms. The number of nitrogens with zero attached hydrogens (tertiary/aromatic N) is 4. The van der Waals surface area contributed by atoms with Crippen LogP contribution in [0, 0.1) is 5.82 Å². The van der Waals surface area contributed by atoms with Gasteiger partial charge in [-0.25, -0.2) is 14.4 Å². The van der Waals surface area contributed by atoms with Gasteiger partial charge in [-0.15, -0.1) is 11.8 Å². The number of piperidine rings is 2. The van der Waals surface area contributed by atoms with Gasteiger partial charge in [0, 0.05) is 78.7 Å². The number of likely N-dealkylation sites (tertiary alicyclic amines) is 1. The molecule has 1 aromatic heterocycles. The maximum atomic E-state index is 13.7. The molecular formula is C41H42ClFN8O6S. The van der Waals surface area contributed by atoms with Crippen molar-refractivity contribution in [3.63, 3.8) is 0 Å². The zero-order valence-electron chi connectivity index (χ0n) is 31.7. The Kier molecular flexibility index (Phi) is 12.8. The summed E-state index contributed by atoms with van der Waals surface area (Å²) in [6, 6.07) is 12.6. The Balaban J connectivity index is 0.830. The molecule has 0 saturated carbocycles. The van der Waals surface area contributed by atoms with Crippen LogP contribution in [0.2, 0.25) is 5.02 Å². The molecule has 0 aliphatic carbocycles. The number of anilines is 3. The lowest BCUT2D eigenvalue weighted by atomic mass is 10.0. The lowest BCUT2D eigenvalue weighted by molar-refractivity contribution is -0.137. The van der Waals surface area contributed by atoms with Crippen molar-refractivity contribution in [2.75, 3.05) is 43.1 Å². The average molecular weight is 829 g/mol. The molecule has 302 valence electrons. The normalized spacial score (nSPS) is 17.4. The predicted octanol–water partition coefficient (Wildman–Crippen LogP) is 5.58. The number of nitrogens with one attached hydrogen (secondary N) is 4. The molecule has 4 heterocycles. The number of benzene rings is 3. The van der Waals surface area contributed by atoms with E-state index in [0.29, 0.717) is 77.5 Å². The molecule has 1 atom stereocenters. The molecule has 0 radical (unpaired) electrons. The molecule has 2 saturated heterocycles. The van der Waals surface area contributed by atoms with Crippen LogP contribution in [0.15, 0.2) is 71.9 Å². The molecule has 4 aromatic rings. The van der Waals surface area contributed by atoms with E-state index in [0.717, 1.165) is 36.4 Å². The standard InChI is InChI=1S/C41H42ClFN8O6S/c1-57-34-21-31-27(39(45-23-44-31)47-25-9-10-30(43)29(42)19-25)20-32(34)48-37(53)7-3-15-50-16-13-24(14-17-50)46-36(52)8-4-18-58-35-6-2-5-26-28(35)22-51(41(26)56)33-11-12-38(54)49-40(33)55/h2-3,5-7,9-10,19-21,23-24,33H,4,8,11-18,22H2,1H3,(H,46,52)(H,48,53)(H,44,45,47)(H,49,54,55)/b7-3+. The minimum Gasteiger partial charge on any atom is -0.494 e. The van der Waals surface area contributed by atoms with Crippen LogP contribution in [0.3, 0.4) is 0 Å². The second-order valence-corrected chi connectivity index (χ2v) is 15.8. The molecule has 3 aliphatic heterocycles. The number of halogens is 2. The van der Waals surface area contributed by atoms with E-state index in [-0.39, 0.29) is 41.1 Å². The summed E-state index contributed by atoms with van der Waals surface area (Å²) in [4.78, 5) is 76.3. The lowest BCUT2D eigenvalue weighted by Crippen LogP contribution is -2.52. The Morgan fingerprint density at radius 2 is 1.91 bits per heavy atom. The van der Waals surface area contributed by atoms with Gasteiger partial charge in [0.2, 0.25) is 23.6 Å². The minimum atomic E-state index is -0.657. The lowest BCUT2D eigenvalue weighted by Gasteiger charge is -2.31. The zero-order valence-corrected chi connectivity index (χ0v) is 33.3. The number of aromatic nitrogens is 2. The van der Waals surface area contributed by atoms with Crippen LogP contribution >= 0.6 is 23.4 Å². The van der Waals surface area contributed by atoms with Crippen LogP contribution in [0.4, 0.5) is 21.6 Å². The number of imide groups is 1. The van der Waals surface area contributed by atoms with Gasteiger partial charge in [0.05, 0.1) is 23.3 Å². The van der Waals surface area contributed by atoms with Gasteiger partial charge in [0.25, 0.3) is 5.91 Å². The molecule has 4 N–H and O–H groups in total. The molecule has 3 aliphatic rings. The predicted molar refractivity (Wildman–Crippen MR) is 219 cm³/mol. The van der Waals surface area contributed by atoms with Gasteiger partial charge in [0.15, 0.2) is 0 Å². The molecule has 5 amide bonds. The first-order valence-corrected chi connectivity index (χ1v) is 20.4. The minimum absolute atomic E-state index is 0.00607. The van der Waals surface area contributed by atoms with Gasteiger partial charge in [-0.05, 0) is 73.4 Å². The summed E-state index contributed by atoms with van der Waals surface area (Å²) in [5.41, 5.74) is 2.99. The second kappa shape index (κ2) is 18.3. The van der Waals surface area contributed by atoms with Crippen molar-refractivity contribution < 1.29 is 33.1 Å². The molecular weight excluding hydrogens is 787 g/mol. The number of amides is 5. The van der Waals surface area contributed by atoms with Gasteiger partial charge in [0.1, 0.15) is 29.8 Å². The summed E-state index contributed by atoms with van der Waals surface area (Å²) in [5, 5.41) is 12.1. The Hall–Kier alpha value is -5.58. The Morgan fingerprint density at radius 1 is 1.09 bits per heavy atom. The highest BCUT2D eigenvalue weighted by Gasteiger charge is 2.39. The maximum Gasteiger partial charge on any atom is 0.255 e. The summed E-state index contributed by atoms with van der Waals surface area (Å²) in [6.45, 7) is 2.44. The van der Waals surface area contributed by atoms with Gasteiger partial charge in [-0.1, -0.05) is 23.7 Å². The first-order chi connectivity index (χ1) is 28.1. The quantitative estimate of drug-likeness (QED) is 0.0541. The number of hydrogen-bond acceptors (Lipinski definition) is 11. The van der Waals surface area contributed by atoms with E-state index < -0.39 is 17.8 Å². The number of thioether (sulfide) groups is 1. The van der Waals surface area contributed by atoms with E-state index in [1.54, 1.807) is 47.0 Å².